The second-order valence-corrected chi connectivity index (χ2v) is 7.30. The number of carbonyl (C=O) groups excluding carboxylic acids is 1. The molecule has 1 fully saturated rings. The van der Waals surface area contributed by atoms with E-state index in [9.17, 15) is 13.6 Å². The molecule has 2 aromatic heterocycles. The van der Waals surface area contributed by atoms with Crippen LogP contribution in [0.3, 0.4) is 0 Å². The number of rotatable bonds is 4. The minimum absolute atomic E-state index is 0.0885. The van der Waals surface area contributed by atoms with Gasteiger partial charge in [0.05, 0.1) is 22.2 Å². The molecule has 6 nitrogen and oxygen atoms in total. The van der Waals surface area contributed by atoms with Gasteiger partial charge in [0.2, 0.25) is 0 Å². The van der Waals surface area contributed by atoms with Crippen LogP contribution in [0, 0.1) is 0 Å². The van der Waals surface area contributed by atoms with Crippen molar-refractivity contribution in [3.63, 3.8) is 0 Å². The number of thiazole rings is 1. The Bertz CT molecular complexity index is 948. The van der Waals surface area contributed by atoms with Gasteiger partial charge in [0.15, 0.2) is 5.82 Å². The summed E-state index contributed by atoms with van der Waals surface area (Å²) in [4.78, 5) is 25.2. The van der Waals surface area contributed by atoms with Crippen LogP contribution in [0.15, 0.2) is 29.1 Å². The lowest BCUT2D eigenvalue weighted by Gasteiger charge is -2.34. The molecule has 4 rings (SSSR count). The van der Waals surface area contributed by atoms with Gasteiger partial charge in [-0.2, -0.15) is 0 Å². The lowest BCUT2D eigenvalue weighted by Crippen LogP contribution is -2.48. The predicted octanol–water partition coefficient (Wildman–Crippen LogP) is 2.93. The van der Waals surface area contributed by atoms with Crippen LogP contribution in [0.1, 0.15) is 28.3 Å². The van der Waals surface area contributed by atoms with E-state index in [1.54, 1.807) is 41.5 Å². The second kappa shape index (κ2) is 7.32. The van der Waals surface area contributed by atoms with Crippen molar-refractivity contribution in [2.45, 2.75) is 13.0 Å². The molecule has 27 heavy (non-hydrogen) atoms. The van der Waals surface area contributed by atoms with Crippen LogP contribution >= 0.6 is 11.3 Å². The number of nitrogens with zero attached hydrogens (tertiary/aromatic N) is 5. The first-order valence-electron chi connectivity index (χ1n) is 8.66. The van der Waals surface area contributed by atoms with Crippen LogP contribution in [0.4, 0.5) is 8.78 Å². The largest absolute Gasteiger partial charge is 0.336 e. The summed E-state index contributed by atoms with van der Waals surface area (Å²) in [6.07, 6.45) is -2.65. The molecule has 3 aromatic rings. The topological polar surface area (TPSA) is 54.3 Å². The number of benzene rings is 1. The Morgan fingerprint density at radius 3 is 2.70 bits per heavy atom. The van der Waals surface area contributed by atoms with Crippen molar-refractivity contribution >= 4 is 28.3 Å². The molecule has 3 heterocycles. The van der Waals surface area contributed by atoms with E-state index < -0.39 is 6.43 Å². The zero-order valence-corrected chi connectivity index (χ0v) is 15.6. The van der Waals surface area contributed by atoms with Gasteiger partial charge in [-0.1, -0.05) is 0 Å². The summed E-state index contributed by atoms with van der Waals surface area (Å²) < 4.78 is 27.4. The number of hydrogen-bond acceptors (Lipinski definition) is 5. The number of hydrogen-bond donors (Lipinski definition) is 0. The van der Waals surface area contributed by atoms with Gasteiger partial charge in [-0.15, -0.1) is 11.3 Å². The summed E-state index contributed by atoms with van der Waals surface area (Å²) in [6.45, 7) is 3.62. The molecule has 1 aliphatic heterocycles. The van der Waals surface area contributed by atoms with Crippen molar-refractivity contribution in [1.29, 1.82) is 0 Å². The molecule has 0 aliphatic carbocycles. The number of aryl methyl sites for hydroxylation is 1. The van der Waals surface area contributed by atoms with E-state index in [2.05, 4.69) is 14.9 Å². The van der Waals surface area contributed by atoms with Gasteiger partial charge >= 0.3 is 0 Å². The van der Waals surface area contributed by atoms with Gasteiger partial charge in [-0.05, 0) is 18.2 Å². The van der Waals surface area contributed by atoms with Crippen LogP contribution in [-0.4, -0.2) is 56.4 Å². The maximum atomic E-state index is 13.0. The first-order valence-corrected chi connectivity index (χ1v) is 9.60. The zero-order valence-electron chi connectivity index (χ0n) is 14.8. The van der Waals surface area contributed by atoms with Crippen molar-refractivity contribution in [2.24, 2.45) is 7.05 Å². The number of halogens is 2. The molecule has 142 valence electrons. The highest BCUT2D eigenvalue weighted by atomic mass is 32.1. The van der Waals surface area contributed by atoms with Crippen molar-refractivity contribution in [3.05, 3.63) is 46.2 Å². The molecule has 1 aliphatic rings. The Labute approximate surface area is 159 Å². The fourth-order valence-electron chi connectivity index (χ4n) is 3.38. The standard InChI is InChI=1S/C18H19F2N5OS/c1-23-15-3-2-12(8-14(15)22-17(23)16(19)20)18(26)25-6-4-24(5-7-25)9-13-10-27-11-21-13/h2-3,8,10-11,16H,4-7,9H2,1H3. The minimum atomic E-state index is -2.65. The van der Waals surface area contributed by atoms with Gasteiger partial charge in [-0.25, -0.2) is 18.7 Å². The summed E-state index contributed by atoms with van der Waals surface area (Å²) in [7, 11) is 1.56. The molecule has 0 spiro atoms. The Hall–Kier alpha value is -2.39. The molecule has 0 saturated carbocycles. The highest BCUT2D eigenvalue weighted by Gasteiger charge is 2.24. The molecule has 0 bridgehead atoms. The van der Waals surface area contributed by atoms with Crippen LogP contribution in [-0.2, 0) is 13.6 Å². The molecule has 1 aromatic carbocycles. The highest BCUT2D eigenvalue weighted by Crippen LogP contribution is 2.24. The van der Waals surface area contributed by atoms with Crippen LogP contribution in [0.25, 0.3) is 11.0 Å². The second-order valence-electron chi connectivity index (χ2n) is 6.58. The fourth-order valence-corrected chi connectivity index (χ4v) is 3.93. The number of carbonyl (C=O) groups is 1. The van der Waals surface area contributed by atoms with Gasteiger partial charge in [0.1, 0.15) is 0 Å². The Morgan fingerprint density at radius 1 is 1.26 bits per heavy atom. The van der Waals surface area contributed by atoms with Crippen molar-refractivity contribution < 1.29 is 13.6 Å². The summed E-state index contributed by atoms with van der Waals surface area (Å²) in [6, 6.07) is 4.97. The fraction of sp³-hybridized carbons (Fsp3) is 0.389. The van der Waals surface area contributed by atoms with Crippen LogP contribution in [0.5, 0.6) is 0 Å². The average Bonchev–Trinajstić information content (AvgIpc) is 3.29. The van der Waals surface area contributed by atoms with Crippen molar-refractivity contribution in [2.75, 3.05) is 26.2 Å². The third-order valence-corrected chi connectivity index (χ3v) is 5.52. The molecular formula is C18H19F2N5OS. The van der Waals surface area contributed by atoms with E-state index in [0.717, 1.165) is 25.3 Å². The molecule has 9 heteroatoms. The van der Waals surface area contributed by atoms with Gasteiger partial charge in [0.25, 0.3) is 12.3 Å². The summed E-state index contributed by atoms with van der Waals surface area (Å²) in [5, 5.41) is 2.03. The minimum Gasteiger partial charge on any atom is -0.336 e. The Balaban J connectivity index is 1.45. The van der Waals surface area contributed by atoms with Crippen LogP contribution < -0.4 is 0 Å². The van der Waals surface area contributed by atoms with E-state index in [1.807, 2.05) is 10.9 Å². The lowest BCUT2D eigenvalue weighted by atomic mass is 10.1. The van der Waals surface area contributed by atoms with E-state index in [-0.39, 0.29) is 11.7 Å². The third-order valence-electron chi connectivity index (χ3n) is 4.89. The smallest absolute Gasteiger partial charge is 0.295 e. The van der Waals surface area contributed by atoms with E-state index in [0.29, 0.717) is 29.7 Å². The molecule has 0 N–H and O–H groups in total. The Morgan fingerprint density at radius 2 is 2.04 bits per heavy atom. The predicted molar refractivity (Wildman–Crippen MR) is 99.0 cm³/mol. The van der Waals surface area contributed by atoms with Gasteiger partial charge in [-0.3, -0.25) is 9.69 Å². The number of fused-ring (bicyclic) bond motifs is 1. The van der Waals surface area contributed by atoms with E-state index >= 15 is 0 Å². The number of alkyl halides is 2. The zero-order chi connectivity index (χ0) is 19.0. The highest BCUT2D eigenvalue weighted by molar-refractivity contribution is 7.07. The van der Waals surface area contributed by atoms with Crippen molar-refractivity contribution in [1.82, 2.24) is 24.3 Å². The molecule has 1 saturated heterocycles. The number of amides is 1. The maximum absolute atomic E-state index is 13.0. The Kier molecular flexibility index (Phi) is 4.88. The molecule has 0 unspecified atom stereocenters. The summed E-state index contributed by atoms with van der Waals surface area (Å²) in [5.41, 5.74) is 4.36. The van der Waals surface area contributed by atoms with Crippen molar-refractivity contribution in [3.8, 4) is 0 Å². The van der Waals surface area contributed by atoms with Gasteiger partial charge < -0.3 is 9.47 Å². The molecular weight excluding hydrogens is 372 g/mol. The molecule has 0 radical (unpaired) electrons. The van der Waals surface area contributed by atoms with Gasteiger partial charge in [0, 0.05) is 50.7 Å². The first-order chi connectivity index (χ1) is 13.0. The van der Waals surface area contributed by atoms with Crippen LogP contribution in [0.2, 0.25) is 0 Å². The number of imidazole rings is 1. The van der Waals surface area contributed by atoms with E-state index in [4.69, 9.17) is 0 Å². The average molecular weight is 391 g/mol. The number of aromatic nitrogens is 3. The summed E-state index contributed by atoms with van der Waals surface area (Å²) in [5.74, 6) is -0.375. The van der Waals surface area contributed by atoms with E-state index in [1.165, 1.54) is 4.57 Å². The molecule has 0 atom stereocenters. The normalized spacial score (nSPS) is 15.8. The summed E-state index contributed by atoms with van der Waals surface area (Å²) >= 11 is 1.58. The molecule has 1 amide bonds. The quantitative estimate of drug-likeness (QED) is 0.686. The monoisotopic (exact) mass is 391 g/mol. The SMILES string of the molecule is Cn1c(C(F)F)nc2cc(C(=O)N3CCN(Cc4cscn4)CC3)ccc21. The first kappa shape index (κ1) is 18.0. The lowest BCUT2D eigenvalue weighted by molar-refractivity contribution is 0.0627. The maximum Gasteiger partial charge on any atom is 0.295 e. The third kappa shape index (κ3) is 3.57. The number of piperazine rings is 1.